The van der Waals surface area contributed by atoms with Crippen molar-refractivity contribution in [2.75, 3.05) is 0 Å². The number of aliphatic hydroxyl groups is 1. The molecular weight excluding hydrogens is 148 g/mol. The third-order valence-electron chi connectivity index (χ3n) is 3.68. The highest BCUT2D eigenvalue weighted by Crippen LogP contribution is 2.46. The second-order valence-electron chi connectivity index (χ2n) is 4.45. The monoisotopic (exact) mass is 166 g/mol. The molecule has 0 aromatic heterocycles. The van der Waals surface area contributed by atoms with E-state index in [1.807, 2.05) is 0 Å². The van der Waals surface area contributed by atoms with Gasteiger partial charge in [0.1, 0.15) is 0 Å². The second kappa shape index (κ2) is 2.88. The van der Waals surface area contributed by atoms with Crippen molar-refractivity contribution in [2.24, 2.45) is 5.41 Å². The molecule has 1 nitrogen and oxygen atoms in total. The summed E-state index contributed by atoms with van der Waals surface area (Å²) in [6.45, 7) is 2.24. The van der Waals surface area contributed by atoms with Crippen LogP contribution in [0.4, 0.5) is 0 Å². The van der Waals surface area contributed by atoms with E-state index in [-0.39, 0.29) is 11.5 Å². The van der Waals surface area contributed by atoms with Gasteiger partial charge in [-0.2, -0.15) is 0 Å². The fraction of sp³-hybridized carbons (Fsp3) is 0.818. The molecule has 68 valence electrons. The molecule has 0 bridgehead atoms. The fourth-order valence-electron chi connectivity index (χ4n) is 2.71. The van der Waals surface area contributed by atoms with Crippen LogP contribution in [0, 0.1) is 5.41 Å². The zero-order valence-corrected chi connectivity index (χ0v) is 7.84. The van der Waals surface area contributed by atoms with Gasteiger partial charge in [-0.15, -0.1) is 0 Å². The molecule has 1 unspecified atom stereocenters. The van der Waals surface area contributed by atoms with E-state index in [1.165, 1.54) is 37.7 Å². The highest BCUT2D eigenvalue weighted by atomic mass is 16.3. The van der Waals surface area contributed by atoms with E-state index in [0.29, 0.717) is 0 Å². The van der Waals surface area contributed by atoms with Gasteiger partial charge in [0.05, 0.1) is 6.10 Å². The Morgan fingerprint density at radius 2 is 2.33 bits per heavy atom. The smallest absolute Gasteiger partial charge is 0.0631 e. The van der Waals surface area contributed by atoms with Gasteiger partial charge >= 0.3 is 0 Å². The Morgan fingerprint density at radius 1 is 1.50 bits per heavy atom. The molecule has 0 radical (unpaired) electrons. The second-order valence-corrected chi connectivity index (χ2v) is 4.45. The first kappa shape index (κ1) is 8.31. The van der Waals surface area contributed by atoms with Crippen LogP contribution in [0.2, 0.25) is 0 Å². The normalized spacial score (nSPS) is 41.8. The van der Waals surface area contributed by atoms with Crippen molar-refractivity contribution in [3.63, 3.8) is 0 Å². The number of rotatable bonds is 0. The lowest BCUT2D eigenvalue weighted by Crippen LogP contribution is -2.38. The summed E-state index contributed by atoms with van der Waals surface area (Å²) in [6.07, 6.45) is 9.41. The molecule has 1 fully saturated rings. The third-order valence-corrected chi connectivity index (χ3v) is 3.68. The molecule has 0 aromatic rings. The van der Waals surface area contributed by atoms with E-state index in [2.05, 4.69) is 13.0 Å². The van der Waals surface area contributed by atoms with Crippen molar-refractivity contribution in [1.29, 1.82) is 0 Å². The van der Waals surface area contributed by atoms with Crippen molar-refractivity contribution in [2.45, 2.75) is 51.6 Å². The quantitative estimate of drug-likeness (QED) is 0.548. The highest BCUT2D eigenvalue weighted by Gasteiger charge is 2.39. The Kier molecular flexibility index (Phi) is 1.99. The van der Waals surface area contributed by atoms with Gasteiger partial charge in [-0.1, -0.05) is 18.6 Å². The molecule has 1 saturated carbocycles. The van der Waals surface area contributed by atoms with Crippen molar-refractivity contribution < 1.29 is 5.11 Å². The lowest BCUT2D eigenvalue weighted by atomic mass is 9.64. The summed E-state index contributed by atoms with van der Waals surface area (Å²) in [5.74, 6) is 0. The predicted octanol–water partition coefficient (Wildman–Crippen LogP) is 2.65. The van der Waals surface area contributed by atoms with Crippen LogP contribution in [0.1, 0.15) is 45.4 Å². The molecule has 0 spiro atoms. The molecule has 0 heterocycles. The van der Waals surface area contributed by atoms with Crippen molar-refractivity contribution in [1.82, 2.24) is 0 Å². The van der Waals surface area contributed by atoms with Gasteiger partial charge in [-0.25, -0.2) is 0 Å². The van der Waals surface area contributed by atoms with E-state index >= 15 is 0 Å². The lowest BCUT2D eigenvalue weighted by molar-refractivity contribution is 0.0261. The largest absolute Gasteiger partial charge is 0.392 e. The summed E-state index contributed by atoms with van der Waals surface area (Å²) in [6, 6.07) is 0. The number of aliphatic hydroxyl groups excluding tert-OH is 1. The van der Waals surface area contributed by atoms with Crippen LogP contribution in [-0.4, -0.2) is 11.2 Å². The van der Waals surface area contributed by atoms with E-state index in [0.717, 1.165) is 6.42 Å². The van der Waals surface area contributed by atoms with Gasteiger partial charge in [-0.05, 0) is 38.5 Å². The Bertz CT molecular complexity index is 207. The van der Waals surface area contributed by atoms with Crippen LogP contribution in [0.5, 0.6) is 0 Å². The molecule has 2 rings (SSSR count). The maximum atomic E-state index is 9.92. The summed E-state index contributed by atoms with van der Waals surface area (Å²) in [5, 5.41) is 9.92. The maximum absolute atomic E-state index is 9.92. The number of fused-ring (bicyclic) bond motifs is 1. The molecule has 2 atom stereocenters. The summed E-state index contributed by atoms with van der Waals surface area (Å²) in [7, 11) is 0. The molecule has 12 heavy (non-hydrogen) atoms. The molecule has 0 aromatic carbocycles. The average molecular weight is 166 g/mol. The van der Waals surface area contributed by atoms with Gasteiger partial charge in [0.25, 0.3) is 0 Å². The Balaban J connectivity index is 2.28. The highest BCUT2D eigenvalue weighted by molar-refractivity contribution is 5.20. The Hall–Kier alpha value is -0.300. The Labute approximate surface area is 74.5 Å². The SMILES string of the molecule is C[C@]12CCCC=C1CCCC2O. The van der Waals surface area contributed by atoms with E-state index < -0.39 is 0 Å². The minimum absolute atomic E-state index is 0.0715. The van der Waals surface area contributed by atoms with Crippen LogP contribution < -0.4 is 0 Å². The molecule has 2 aliphatic carbocycles. The van der Waals surface area contributed by atoms with E-state index in [4.69, 9.17) is 0 Å². The third kappa shape index (κ3) is 1.11. The van der Waals surface area contributed by atoms with Gasteiger partial charge in [0.15, 0.2) is 0 Å². The molecule has 2 aliphatic rings. The van der Waals surface area contributed by atoms with Crippen LogP contribution in [-0.2, 0) is 0 Å². The van der Waals surface area contributed by atoms with E-state index in [1.54, 1.807) is 0 Å². The maximum Gasteiger partial charge on any atom is 0.0631 e. The molecule has 0 saturated heterocycles. The fourth-order valence-corrected chi connectivity index (χ4v) is 2.71. The first-order valence-corrected chi connectivity index (χ1v) is 5.11. The van der Waals surface area contributed by atoms with Crippen molar-refractivity contribution >= 4 is 0 Å². The number of hydrogen-bond acceptors (Lipinski definition) is 1. The topological polar surface area (TPSA) is 20.2 Å². The van der Waals surface area contributed by atoms with Crippen molar-refractivity contribution in [3.8, 4) is 0 Å². The molecule has 0 amide bonds. The minimum atomic E-state index is -0.0715. The van der Waals surface area contributed by atoms with Crippen LogP contribution in [0.25, 0.3) is 0 Å². The van der Waals surface area contributed by atoms with Crippen LogP contribution >= 0.6 is 0 Å². The standard InChI is InChI=1S/C11H18O/c1-11-8-3-2-5-9(11)6-4-7-10(11)12/h5,10,12H,2-4,6-8H2,1H3/t10?,11-/m0/s1. The zero-order valence-electron chi connectivity index (χ0n) is 7.84. The molecule has 1 N–H and O–H groups in total. The molecular formula is C11H18O. The number of hydrogen-bond donors (Lipinski definition) is 1. The number of allylic oxidation sites excluding steroid dienone is 1. The molecule has 1 heteroatoms. The summed E-state index contributed by atoms with van der Waals surface area (Å²) < 4.78 is 0. The summed E-state index contributed by atoms with van der Waals surface area (Å²) in [4.78, 5) is 0. The molecule has 0 aliphatic heterocycles. The minimum Gasteiger partial charge on any atom is -0.392 e. The zero-order chi connectivity index (χ0) is 8.60. The van der Waals surface area contributed by atoms with Gasteiger partial charge < -0.3 is 5.11 Å². The average Bonchev–Trinajstić information content (AvgIpc) is 2.07. The predicted molar refractivity (Wildman–Crippen MR) is 49.9 cm³/mol. The summed E-state index contributed by atoms with van der Waals surface area (Å²) >= 11 is 0. The van der Waals surface area contributed by atoms with Crippen molar-refractivity contribution in [3.05, 3.63) is 11.6 Å². The van der Waals surface area contributed by atoms with Gasteiger partial charge in [0.2, 0.25) is 0 Å². The first-order valence-electron chi connectivity index (χ1n) is 5.11. The Morgan fingerprint density at radius 3 is 3.08 bits per heavy atom. The van der Waals surface area contributed by atoms with Gasteiger partial charge in [0, 0.05) is 5.41 Å². The summed E-state index contributed by atoms with van der Waals surface area (Å²) in [5.41, 5.74) is 1.68. The van der Waals surface area contributed by atoms with Gasteiger partial charge in [-0.3, -0.25) is 0 Å². The van der Waals surface area contributed by atoms with E-state index in [9.17, 15) is 5.11 Å². The van der Waals surface area contributed by atoms with Crippen LogP contribution in [0.15, 0.2) is 11.6 Å². The first-order chi connectivity index (χ1) is 5.73. The lowest BCUT2D eigenvalue weighted by Gasteiger charge is -2.43. The van der Waals surface area contributed by atoms with Crippen LogP contribution in [0.3, 0.4) is 0 Å².